The molecule has 0 amide bonds. The summed E-state index contributed by atoms with van der Waals surface area (Å²) in [6, 6.07) is 28.3. The molecule has 0 spiro atoms. The Morgan fingerprint density at radius 3 is 1.39 bits per heavy atom. The molecule has 4 aromatic carbocycles. The first-order chi connectivity index (χ1) is 29.3. The molecule has 15 heteroatoms. The van der Waals surface area contributed by atoms with Crippen molar-refractivity contribution in [1.82, 2.24) is 0 Å². The van der Waals surface area contributed by atoms with Gasteiger partial charge < -0.3 is 39.4 Å². The number of carbonyl (C=O) groups excluding carboxylic acids is 4. The molecule has 0 aliphatic rings. The van der Waals surface area contributed by atoms with Gasteiger partial charge in [0.2, 0.25) is 0 Å². The first-order valence-electron chi connectivity index (χ1n) is 18.2. The van der Waals surface area contributed by atoms with E-state index in [1.807, 2.05) is 36.3 Å². The number of hydrogen-bond donors (Lipinski definition) is 4. The van der Waals surface area contributed by atoms with Gasteiger partial charge >= 0.3 is 29.8 Å². The molecule has 61 heavy (non-hydrogen) atoms. The van der Waals surface area contributed by atoms with Crippen LogP contribution in [0.15, 0.2) is 97.1 Å². The predicted octanol–water partition coefficient (Wildman–Crippen LogP) is 6.32. The number of carboxylic acids is 1. The van der Waals surface area contributed by atoms with Crippen molar-refractivity contribution in [2.75, 3.05) is 61.6 Å². The van der Waals surface area contributed by atoms with Gasteiger partial charge in [-0.15, -0.1) is 15.0 Å². The van der Waals surface area contributed by atoms with Crippen molar-refractivity contribution in [3.63, 3.8) is 0 Å². The second-order valence-electron chi connectivity index (χ2n) is 11.3. The van der Waals surface area contributed by atoms with Crippen molar-refractivity contribution in [3.05, 3.63) is 140 Å². The maximum atomic E-state index is 11.3. The molecule has 0 aromatic heterocycles. The lowest BCUT2D eigenvalue weighted by molar-refractivity contribution is -0.137. The SMILES string of the molecule is C#CCO.COC(=O)c1ccccc1C#CCO.COC(=O)c1ccccc1CCC(=O)O.COC(=O)c1ccccc1CCCO.COC(=O)c1ccccc1I.CPC. The van der Waals surface area contributed by atoms with Crippen molar-refractivity contribution >= 4 is 61.0 Å². The summed E-state index contributed by atoms with van der Waals surface area (Å²) in [5.41, 5.74) is 4.24. The minimum absolute atomic E-state index is 0.00794. The molecule has 328 valence electrons. The standard InChI is InChI=1S/C11H12O4.C11H14O3.C11H10O3.C8H7IO2.C3H4O.C2H7P/c1-15-11(14)9-5-3-2-4-8(9)6-7-10(12)13;2*1-14-11(13)10-7-3-2-5-9(10)6-4-8-12;1-11-8(10)6-4-2-3-5-7(6)9;1-2-3-4;1-3-2/h2-5H,6-7H2,1H3,(H,12,13);2-3,5,7,12H,4,6,8H2,1H3;2-3,5,7,12H,8H2,1H3;2-5H,1H3;1,4H,3H2;3H,1-2H3. The van der Waals surface area contributed by atoms with Crippen molar-refractivity contribution in [1.29, 1.82) is 0 Å². The van der Waals surface area contributed by atoms with Crippen molar-refractivity contribution < 1.29 is 63.3 Å². The number of aliphatic hydroxyl groups is 3. The van der Waals surface area contributed by atoms with E-state index in [0.717, 1.165) is 17.7 Å². The zero-order valence-electron chi connectivity index (χ0n) is 35.1. The van der Waals surface area contributed by atoms with Gasteiger partial charge in [0.25, 0.3) is 0 Å². The highest BCUT2D eigenvalue weighted by Gasteiger charge is 2.12. The fraction of sp³-hybridized carbons (Fsp3) is 0.283. The Morgan fingerprint density at radius 2 is 0.984 bits per heavy atom. The Hall–Kier alpha value is -5.61. The van der Waals surface area contributed by atoms with Crippen LogP contribution in [0.4, 0.5) is 0 Å². The summed E-state index contributed by atoms with van der Waals surface area (Å²) < 4.78 is 19.3. The second-order valence-corrected chi connectivity index (χ2v) is 13.5. The first kappa shape index (κ1) is 57.5. The van der Waals surface area contributed by atoms with Gasteiger partial charge in [0, 0.05) is 22.2 Å². The topological polar surface area (TPSA) is 203 Å². The smallest absolute Gasteiger partial charge is 0.339 e. The highest BCUT2D eigenvalue weighted by molar-refractivity contribution is 14.1. The van der Waals surface area contributed by atoms with Gasteiger partial charge in [-0.1, -0.05) is 78.4 Å². The van der Waals surface area contributed by atoms with Gasteiger partial charge in [-0.2, -0.15) is 0 Å². The van der Waals surface area contributed by atoms with Crippen LogP contribution in [0.1, 0.15) is 71.0 Å². The fourth-order valence-corrected chi connectivity index (χ4v) is 4.97. The van der Waals surface area contributed by atoms with Gasteiger partial charge in [-0.05, 0) is 103 Å². The Morgan fingerprint density at radius 1 is 0.607 bits per heavy atom. The van der Waals surface area contributed by atoms with Crippen LogP contribution in [0.2, 0.25) is 0 Å². The van der Waals surface area contributed by atoms with Crippen LogP contribution >= 0.6 is 31.2 Å². The summed E-state index contributed by atoms with van der Waals surface area (Å²) >= 11 is 2.10. The van der Waals surface area contributed by atoms with Crippen LogP contribution in [0.5, 0.6) is 0 Å². The molecule has 0 heterocycles. The van der Waals surface area contributed by atoms with Crippen LogP contribution in [0.3, 0.4) is 0 Å². The van der Waals surface area contributed by atoms with Crippen LogP contribution in [-0.4, -0.2) is 112 Å². The van der Waals surface area contributed by atoms with E-state index >= 15 is 0 Å². The quantitative estimate of drug-likeness (QED) is 0.0453. The molecule has 0 unspecified atom stereocenters. The third-order valence-electron chi connectivity index (χ3n) is 7.06. The van der Waals surface area contributed by atoms with Crippen molar-refractivity contribution in [2.45, 2.75) is 25.7 Å². The number of methoxy groups -OCH3 is 4. The van der Waals surface area contributed by atoms with Crippen LogP contribution in [0, 0.1) is 27.8 Å². The molecule has 0 radical (unpaired) electrons. The van der Waals surface area contributed by atoms with Crippen LogP contribution < -0.4 is 0 Å². The molecule has 4 N–H and O–H groups in total. The number of aliphatic carboxylic acids is 1. The van der Waals surface area contributed by atoms with E-state index in [1.54, 1.807) is 66.7 Å². The number of rotatable bonds is 10. The van der Waals surface area contributed by atoms with Gasteiger partial charge in [0.1, 0.15) is 13.2 Å². The zero-order chi connectivity index (χ0) is 46.4. The minimum atomic E-state index is -0.880. The summed E-state index contributed by atoms with van der Waals surface area (Å²) in [6.45, 7) is 4.06. The molecule has 0 fully saturated rings. The number of aliphatic hydroxyl groups excluding tert-OH is 3. The highest BCUT2D eigenvalue weighted by atomic mass is 127. The molecule has 13 nitrogen and oxygen atoms in total. The maximum Gasteiger partial charge on any atom is 0.339 e. The number of aryl methyl sites for hydroxylation is 2. The number of terminal acetylenes is 1. The minimum Gasteiger partial charge on any atom is -0.481 e. The predicted molar refractivity (Wildman–Crippen MR) is 245 cm³/mol. The van der Waals surface area contributed by atoms with Gasteiger partial charge in [0.15, 0.2) is 0 Å². The number of halogens is 1. The van der Waals surface area contributed by atoms with Crippen LogP contribution in [-0.2, 0) is 36.6 Å². The van der Waals surface area contributed by atoms with Gasteiger partial charge in [-0.25, -0.2) is 19.2 Å². The largest absolute Gasteiger partial charge is 0.481 e. The number of esters is 4. The van der Waals surface area contributed by atoms with Crippen molar-refractivity contribution in [2.24, 2.45) is 0 Å². The van der Waals surface area contributed by atoms with Gasteiger partial charge in [-0.3, -0.25) is 4.79 Å². The number of benzene rings is 4. The normalized spacial score (nSPS) is 8.93. The number of carbonyl (C=O) groups is 5. The molecule has 0 aliphatic carbocycles. The molecular formula is C46H54IO13P. The molecule has 4 aromatic rings. The Kier molecular flexibility index (Phi) is 35.2. The van der Waals surface area contributed by atoms with E-state index in [2.05, 4.69) is 73.1 Å². The molecule has 0 saturated carbocycles. The van der Waals surface area contributed by atoms with E-state index in [-0.39, 0.29) is 38.2 Å². The third kappa shape index (κ3) is 25.6. The first-order valence-corrected chi connectivity index (χ1v) is 21.3. The van der Waals surface area contributed by atoms with E-state index < -0.39 is 17.9 Å². The lowest BCUT2D eigenvalue weighted by Gasteiger charge is -2.06. The average Bonchev–Trinajstić information content (AvgIpc) is 3.29. The Labute approximate surface area is 373 Å². The summed E-state index contributed by atoms with van der Waals surface area (Å²) in [6.07, 6.45) is 6.23. The van der Waals surface area contributed by atoms with E-state index in [0.29, 0.717) is 52.6 Å². The fourth-order valence-electron chi connectivity index (χ4n) is 4.36. The third-order valence-corrected chi connectivity index (χ3v) is 8.00. The summed E-state index contributed by atoms with van der Waals surface area (Å²) in [5.74, 6) is 4.80. The van der Waals surface area contributed by atoms with E-state index in [9.17, 15) is 24.0 Å². The Balaban J connectivity index is 0. The maximum absolute atomic E-state index is 11.3. The molecule has 0 bridgehead atoms. The number of ether oxygens (including phenoxy) is 4. The lowest BCUT2D eigenvalue weighted by atomic mass is 10.0. The molecular weight excluding hydrogens is 918 g/mol. The lowest BCUT2D eigenvalue weighted by Crippen LogP contribution is -2.07. The summed E-state index contributed by atoms with van der Waals surface area (Å²) in [5, 5.41) is 33.4. The summed E-state index contributed by atoms with van der Waals surface area (Å²) in [4.78, 5) is 55.3. The number of carboxylic acid groups (broad SMARTS) is 1. The second kappa shape index (κ2) is 37.4. The highest BCUT2D eigenvalue weighted by Crippen LogP contribution is 2.14. The summed E-state index contributed by atoms with van der Waals surface area (Å²) in [7, 11) is 6.45. The monoisotopic (exact) mass is 972 g/mol. The van der Waals surface area contributed by atoms with Gasteiger partial charge in [0.05, 0.1) is 50.7 Å². The van der Waals surface area contributed by atoms with E-state index in [4.69, 9.17) is 20.4 Å². The average molecular weight is 973 g/mol. The zero-order valence-corrected chi connectivity index (χ0v) is 38.3. The number of hydrogen-bond acceptors (Lipinski definition) is 12. The Bertz CT molecular complexity index is 2020. The molecule has 0 atom stereocenters. The molecule has 0 aliphatic heterocycles. The molecule has 0 saturated heterocycles. The van der Waals surface area contributed by atoms with E-state index in [1.165, 1.54) is 28.4 Å². The molecule has 4 rings (SSSR count). The van der Waals surface area contributed by atoms with Crippen molar-refractivity contribution in [3.8, 4) is 24.2 Å². The van der Waals surface area contributed by atoms with Crippen LogP contribution in [0.25, 0.3) is 0 Å².